The van der Waals surface area contributed by atoms with Gasteiger partial charge in [-0.3, -0.25) is 9.69 Å². The Morgan fingerprint density at radius 1 is 1.09 bits per heavy atom. The Bertz CT molecular complexity index is 377. The predicted octanol–water partition coefficient (Wildman–Crippen LogP) is 2.13. The SMILES string of the molecule is CC(C)COC(=O)N1CCCN(CC(=O)OC(C)(C)C)CC1. The van der Waals surface area contributed by atoms with Crippen molar-refractivity contribution in [3.8, 4) is 0 Å². The molecule has 0 aromatic rings. The third-order valence-electron chi connectivity index (χ3n) is 3.16. The van der Waals surface area contributed by atoms with Crippen LogP contribution in [-0.4, -0.2) is 66.8 Å². The van der Waals surface area contributed by atoms with E-state index in [-0.39, 0.29) is 18.6 Å². The van der Waals surface area contributed by atoms with E-state index in [4.69, 9.17) is 9.47 Å². The number of carbonyl (C=O) groups is 2. The summed E-state index contributed by atoms with van der Waals surface area (Å²) in [5.41, 5.74) is -0.463. The maximum Gasteiger partial charge on any atom is 0.409 e. The van der Waals surface area contributed by atoms with Crippen LogP contribution in [0.3, 0.4) is 0 Å². The largest absolute Gasteiger partial charge is 0.459 e. The second kappa shape index (κ2) is 8.36. The number of nitrogens with zero attached hydrogens (tertiary/aromatic N) is 2. The third kappa shape index (κ3) is 7.64. The number of carbonyl (C=O) groups excluding carboxylic acids is 2. The van der Waals surface area contributed by atoms with E-state index in [1.54, 1.807) is 4.90 Å². The minimum atomic E-state index is -0.463. The van der Waals surface area contributed by atoms with Crippen molar-refractivity contribution < 1.29 is 19.1 Å². The molecule has 0 aromatic heterocycles. The van der Waals surface area contributed by atoms with Gasteiger partial charge in [0.1, 0.15) is 5.60 Å². The van der Waals surface area contributed by atoms with Crippen molar-refractivity contribution in [1.29, 1.82) is 0 Å². The molecule has 1 saturated heterocycles. The molecule has 1 heterocycles. The van der Waals surface area contributed by atoms with Crippen molar-refractivity contribution >= 4 is 12.1 Å². The van der Waals surface area contributed by atoms with Crippen molar-refractivity contribution in [2.45, 2.75) is 46.6 Å². The summed E-state index contributed by atoms with van der Waals surface area (Å²) in [4.78, 5) is 27.6. The molecule has 1 rings (SSSR count). The van der Waals surface area contributed by atoms with E-state index in [1.807, 2.05) is 39.5 Å². The molecule has 0 atom stereocenters. The Hall–Kier alpha value is -1.30. The molecule has 1 fully saturated rings. The Morgan fingerprint density at radius 2 is 1.77 bits per heavy atom. The van der Waals surface area contributed by atoms with Crippen LogP contribution in [0.5, 0.6) is 0 Å². The van der Waals surface area contributed by atoms with E-state index >= 15 is 0 Å². The second-order valence-corrected chi connectivity index (χ2v) is 7.17. The summed E-state index contributed by atoms with van der Waals surface area (Å²) in [6, 6.07) is 0. The van der Waals surface area contributed by atoms with Crippen molar-refractivity contribution in [2.75, 3.05) is 39.3 Å². The van der Waals surface area contributed by atoms with E-state index in [2.05, 4.69) is 0 Å². The van der Waals surface area contributed by atoms with Gasteiger partial charge in [0, 0.05) is 26.2 Å². The van der Waals surface area contributed by atoms with Crippen molar-refractivity contribution in [2.24, 2.45) is 5.92 Å². The lowest BCUT2D eigenvalue weighted by Crippen LogP contribution is -2.38. The highest BCUT2D eigenvalue weighted by Crippen LogP contribution is 2.10. The van der Waals surface area contributed by atoms with Crippen LogP contribution in [0.15, 0.2) is 0 Å². The van der Waals surface area contributed by atoms with Gasteiger partial charge in [-0.25, -0.2) is 4.79 Å². The molecule has 1 aliphatic heterocycles. The zero-order valence-corrected chi connectivity index (χ0v) is 14.6. The number of esters is 1. The zero-order chi connectivity index (χ0) is 16.8. The highest BCUT2D eigenvalue weighted by atomic mass is 16.6. The first kappa shape index (κ1) is 18.7. The van der Waals surface area contributed by atoms with E-state index in [1.165, 1.54) is 0 Å². The number of ether oxygens (including phenoxy) is 2. The molecule has 0 aromatic carbocycles. The lowest BCUT2D eigenvalue weighted by molar-refractivity contribution is -0.156. The van der Waals surface area contributed by atoms with Crippen LogP contribution < -0.4 is 0 Å². The second-order valence-electron chi connectivity index (χ2n) is 7.17. The maximum atomic E-state index is 12.0. The van der Waals surface area contributed by atoms with Crippen LogP contribution in [0.25, 0.3) is 0 Å². The molecular formula is C16H30N2O4. The fraction of sp³-hybridized carbons (Fsp3) is 0.875. The lowest BCUT2D eigenvalue weighted by Gasteiger charge is -2.24. The van der Waals surface area contributed by atoms with Crippen molar-refractivity contribution in [3.05, 3.63) is 0 Å². The molecule has 1 aliphatic rings. The van der Waals surface area contributed by atoms with Gasteiger partial charge in [-0.2, -0.15) is 0 Å². The van der Waals surface area contributed by atoms with E-state index in [9.17, 15) is 9.59 Å². The van der Waals surface area contributed by atoms with Crippen LogP contribution in [0.4, 0.5) is 4.79 Å². The molecule has 0 unspecified atom stereocenters. The summed E-state index contributed by atoms with van der Waals surface area (Å²) in [5, 5.41) is 0. The van der Waals surface area contributed by atoms with Gasteiger partial charge >= 0.3 is 12.1 Å². The summed E-state index contributed by atoms with van der Waals surface area (Å²) >= 11 is 0. The number of hydrogen-bond donors (Lipinski definition) is 0. The minimum Gasteiger partial charge on any atom is -0.459 e. The quantitative estimate of drug-likeness (QED) is 0.744. The Kier molecular flexibility index (Phi) is 7.13. The molecule has 22 heavy (non-hydrogen) atoms. The molecule has 0 aliphatic carbocycles. The topological polar surface area (TPSA) is 59.1 Å². The highest BCUT2D eigenvalue weighted by molar-refractivity contribution is 5.72. The smallest absolute Gasteiger partial charge is 0.409 e. The van der Waals surface area contributed by atoms with Crippen LogP contribution in [0.2, 0.25) is 0 Å². The van der Waals surface area contributed by atoms with Gasteiger partial charge in [0.25, 0.3) is 0 Å². The molecule has 0 bridgehead atoms. The molecule has 0 N–H and O–H groups in total. The van der Waals surface area contributed by atoms with E-state index in [0.29, 0.717) is 32.2 Å². The van der Waals surface area contributed by atoms with Gasteiger partial charge in [0.15, 0.2) is 0 Å². The lowest BCUT2D eigenvalue weighted by atomic mass is 10.2. The van der Waals surface area contributed by atoms with Gasteiger partial charge < -0.3 is 14.4 Å². The number of hydrogen-bond acceptors (Lipinski definition) is 5. The number of amides is 1. The molecule has 6 nitrogen and oxygen atoms in total. The first-order chi connectivity index (χ1) is 10.2. The Balaban J connectivity index is 2.39. The molecule has 128 valence electrons. The minimum absolute atomic E-state index is 0.219. The van der Waals surface area contributed by atoms with Crippen molar-refractivity contribution in [1.82, 2.24) is 9.80 Å². The Labute approximate surface area is 133 Å². The first-order valence-electron chi connectivity index (χ1n) is 8.03. The molecule has 0 saturated carbocycles. The van der Waals surface area contributed by atoms with E-state index in [0.717, 1.165) is 13.0 Å². The van der Waals surface area contributed by atoms with Crippen LogP contribution in [0.1, 0.15) is 41.0 Å². The van der Waals surface area contributed by atoms with Crippen LogP contribution in [0, 0.1) is 5.92 Å². The van der Waals surface area contributed by atoms with Gasteiger partial charge in [0.2, 0.25) is 0 Å². The summed E-state index contributed by atoms with van der Waals surface area (Å²) in [7, 11) is 0. The summed E-state index contributed by atoms with van der Waals surface area (Å²) in [5.74, 6) is 0.114. The first-order valence-corrected chi connectivity index (χ1v) is 8.03. The summed E-state index contributed by atoms with van der Waals surface area (Å²) in [6.07, 6.45) is 0.576. The zero-order valence-electron chi connectivity index (χ0n) is 14.6. The molecule has 1 amide bonds. The monoisotopic (exact) mass is 314 g/mol. The van der Waals surface area contributed by atoms with Crippen LogP contribution in [-0.2, 0) is 14.3 Å². The maximum absolute atomic E-state index is 12.0. The molecule has 0 radical (unpaired) electrons. The van der Waals surface area contributed by atoms with Gasteiger partial charge in [-0.1, -0.05) is 13.8 Å². The predicted molar refractivity (Wildman–Crippen MR) is 84.7 cm³/mol. The fourth-order valence-corrected chi connectivity index (χ4v) is 2.20. The number of rotatable bonds is 4. The standard InChI is InChI=1S/C16H30N2O4/c1-13(2)12-21-15(20)18-8-6-7-17(9-10-18)11-14(19)22-16(3,4)5/h13H,6-12H2,1-5H3. The van der Waals surface area contributed by atoms with E-state index < -0.39 is 5.60 Å². The normalized spacial score (nSPS) is 17.3. The van der Waals surface area contributed by atoms with Gasteiger partial charge in [-0.05, 0) is 33.1 Å². The molecule has 6 heteroatoms. The third-order valence-corrected chi connectivity index (χ3v) is 3.16. The van der Waals surface area contributed by atoms with Crippen molar-refractivity contribution in [3.63, 3.8) is 0 Å². The average Bonchev–Trinajstić information content (AvgIpc) is 2.59. The Morgan fingerprint density at radius 3 is 2.36 bits per heavy atom. The molecule has 0 spiro atoms. The fourth-order valence-electron chi connectivity index (χ4n) is 2.20. The van der Waals surface area contributed by atoms with Crippen LogP contribution >= 0.6 is 0 Å². The summed E-state index contributed by atoms with van der Waals surface area (Å²) < 4.78 is 10.6. The molecular weight excluding hydrogens is 284 g/mol. The average molecular weight is 314 g/mol. The van der Waals surface area contributed by atoms with Gasteiger partial charge in [-0.15, -0.1) is 0 Å². The summed E-state index contributed by atoms with van der Waals surface area (Å²) in [6.45, 7) is 13.0. The van der Waals surface area contributed by atoms with Gasteiger partial charge in [0.05, 0.1) is 13.2 Å². The highest BCUT2D eigenvalue weighted by Gasteiger charge is 2.23.